The number of ketones is 1. The van der Waals surface area contributed by atoms with Gasteiger partial charge in [-0.05, 0) is 6.92 Å². The van der Waals surface area contributed by atoms with E-state index in [1.807, 2.05) is 0 Å². The lowest BCUT2D eigenvalue weighted by Gasteiger charge is -2.41. The third-order valence-corrected chi connectivity index (χ3v) is 3.59. The molecule has 4 atom stereocenters. The summed E-state index contributed by atoms with van der Waals surface area (Å²) in [5, 5.41) is 11.3. The third kappa shape index (κ3) is 4.05. The maximum Gasteiger partial charge on any atom is 0.508 e. The molecule has 1 saturated heterocycles. The minimum absolute atomic E-state index is 0.0599. The average molecular weight is 339 g/mol. The van der Waals surface area contributed by atoms with Crippen molar-refractivity contribution in [2.75, 3.05) is 6.61 Å². The van der Waals surface area contributed by atoms with Crippen LogP contribution in [-0.2, 0) is 23.9 Å². The summed E-state index contributed by atoms with van der Waals surface area (Å²) in [6.45, 7) is 6.12. The Balaban J connectivity index is 2.79. The van der Waals surface area contributed by atoms with Gasteiger partial charge in [0.05, 0.1) is 12.0 Å². The first-order valence-corrected chi connectivity index (χ1v) is 6.98. The van der Waals surface area contributed by atoms with Crippen LogP contribution in [0.15, 0.2) is 12.7 Å². The van der Waals surface area contributed by atoms with Crippen LogP contribution < -0.4 is 5.32 Å². The van der Waals surface area contributed by atoms with Gasteiger partial charge in [-0.1, -0.05) is 19.6 Å². The van der Waals surface area contributed by atoms with E-state index in [4.69, 9.17) is 15.4 Å². The van der Waals surface area contributed by atoms with Gasteiger partial charge in [-0.15, -0.1) is 0 Å². The molecule has 0 spiro atoms. The molecule has 24 heavy (non-hydrogen) atoms. The highest BCUT2D eigenvalue weighted by Gasteiger charge is 2.51. The van der Waals surface area contributed by atoms with Crippen LogP contribution in [0.25, 0.3) is 5.53 Å². The van der Waals surface area contributed by atoms with E-state index in [-0.39, 0.29) is 6.61 Å². The fraction of sp³-hybridized carbons (Fsp3) is 0.500. The molecule has 0 aromatic carbocycles. The highest BCUT2D eigenvalue weighted by Crippen LogP contribution is 2.28. The quantitative estimate of drug-likeness (QED) is 0.118. The van der Waals surface area contributed by atoms with Gasteiger partial charge in [-0.25, -0.2) is 9.59 Å². The largest absolute Gasteiger partial charge is 0.508 e. The Morgan fingerprint density at radius 3 is 2.54 bits per heavy atom. The van der Waals surface area contributed by atoms with Crippen molar-refractivity contribution in [3.05, 3.63) is 18.2 Å². The number of carbonyl (C=O) groups excluding carboxylic acids is 3. The molecule has 2 N–H and O–H groups in total. The number of nitrogens with one attached hydrogen (secondary N) is 1. The van der Waals surface area contributed by atoms with Gasteiger partial charge in [0.25, 0.3) is 5.78 Å². The van der Waals surface area contributed by atoms with Crippen LogP contribution in [-0.4, -0.2) is 58.2 Å². The second-order valence-electron chi connectivity index (χ2n) is 5.14. The highest BCUT2D eigenvalue weighted by molar-refractivity contribution is 6.62. The molecule has 0 unspecified atom stereocenters. The molecule has 0 aliphatic carbocycles. The first kappa shape index (κ1) is 19.0. The molecule has 1 rings (SSSR count). The summed E-state index contributed by atoms with van der Waals surface area (Å²) < 4.78 is 9.58. The van der Waals surface area contributed by atoms with Crippen LogP contribution in [0.3, 0.4) is 0 Å². The molecule has 0 aromatic rings. The third-order valence-electron chi connectivity index (χ3n) is 3.59. The lowest BCUT2D eigenvalue weighted by atomic mass is 9.76. The summed E-state index contributed by atoms with van der Waals surface area (Å²) in [7, 11) is 0. The molecule has 0 saturated carbocycles. The van der Waals surface area contributed by atoms with E-state index in [0.717, 1.165) is 0 Å². The summed E-state index contributed by atoms with van der Waals surface area (Å²) in [6.07, 6.45) is -0.564. The van der Waals surface area contributed by atoms with Crippen molar-refractivity contribution in [2.24, 2.45) is 11.8 Å². The number of hydrogen-bond donors (Lipinski definition) is 2. The van der Waals surface area contributed by atoms with Gasteiger partial charge in [-0.3, -0.25) is 9.59 Å². The summed E-state index contributed by atoms with van der Waals surface area (Å²) in [4.78, 5) is 48.4. The van der Waals surface area contributed by atoms with Crippen molar-refractivity contribution in [1.29, 1.82) is 0 Å². The topological polar surface area (TPSA) is 155 Å². The van der Waals surface area contributed by atoms with Crippen molar-refractivity contribution in [3.8, 4) is 0 Å². The predicted octanol–water partition coefficient (Wildman–Crippen LogP) is -0.211. The standard InChI is InChI=1S/C14H17N3O7/c1-4-5-23-14(22)24-7(3)8-9(16-12(8)19)6(2)11(18)10(17-15)13(20)21/h4,6-9H,1,5H2,2-3H3,(H,16,19)(H,20,21)/t6-,7-,8-,9-/m1/s1. The minimum atomic E-state index is -1.69. The predicted molar refractivity (Wildman–Crippen MR) is 77.9 cm³/mol. The van der Waals surface area contributed by atoms with Gasteiger partial charge < -0.3 is 25.4 Å². The Hall–Kier alpha value is -3.00. The van der Waals surface area contributed by atoms with E-state index in [1.54, 1.807) is 0 Å². The molecule has 1 aliphatic heterocycles. The minimum Gasteiger partial charge on any atom is -0.472 e. The first-order valence-electron chi connectivity index (χ1n) is 6.98. The van der Waals surface area contributed by atoms with Crippen molar-refractivity contribution < 1.29 is 38.5 Å². The Morgan fingerprint density at radius 2 is 2.08 bits per heavy atom. The number of rotatable bonds is 8. The molecule has 10 heteroatoms. The zero-order valence-corrected chi connectivity index (χ0v) is 13.1. The van der Waals surface area contributed by atoms with Gasteiger partial charge in [0.1, 0.15) is 12.7 Å². The summed E-state index contributed by atoms with van der Waals surface area (Å²) in [5.41, 5.74) is 7.58. The van der Waals surface area contributed by atoms with E-state index < -0.39 is 53.5 Å². The smallest absolute Gasteiger partial charge is 0.472 e. The number of aliphatic carboxylic acids is 1. The van der Waals surface area contributed by atoms with Gasteiger partial charge >= 0.3 is 17.8 Å². The van der Waals surface area contributed by atoms with Crippen LogP contribution in [0.5, 0.6) is 0 Å². The molecule has 1 aliphatic rings. The molecular formula is C14H17N3O7. The van der Waals surface area contributed by atoms with Crippen LogP contribution >= 0.6 is 0 Å². The number of hydrogen-bond acceptors (Lipinski definition) is 6. The monoisotopic (exact) mass is 339 g/mol. The fourth-order valence-electron chi connectivity index (χ4n) is 2.32. The zero-order valence-electron chi connectivity index (χ0n) is 13.1. The van der Waals surface area contributed by atoms with E-state index in [1.165, 1.54) is 19.9 Å². The number of amides is 1. The number of nitrogens with zero attached hydrogens (tertiary/aromatic N) is 2. The van der Waals surface area contributed by atoms with Gasteiger partial charge in [0.2, 0.25) is 5.91 Å². The van der Waals surface area contributed by atoms with Crippen LogP contribution in [0.4, 0.5) is 4.79 Å². The first-order chi connectivity index (χ1) is 11.2. The van der Waals surface area contributed by atoms with Gasteiger partial charge in [0.15, 0.2) is 0 Å². The van der Waals surface area contributed by atoms with Gasteiger partial charge in [0, 0.05) is 5.92 Å². The Morgan fingerprint density at radius 1 is 1.46 bits per heavy atom. The SMILES string of the molecule is C=CCOC(=O)O[C@H](C)[C@H]1C(=O)N[C@@H]1[C@@H](C)C(=O)C(=[N+]=[N-])C(=O)O. The second kappa shape index (κ2) is 8.02. The van der Waals surface area contributed by atoms with Crippen LogP contribution in [0.2, 0.25) is 0 Å². The van der Waals surface area contributed by atoms with Crippen molar-refractivity contribution >= 4 is 29.5 Å². The summed E-state index contributed by atoms with van der Waals surface area (Å²) in [6, 6.07) is -0.775. The molecule has 0 radical (unpaired) electrons. The zero-order chi connectivity index (χ0) is 18.4. The Kier molecular flexibility index (Phi) is 6.37. The molecule has 0 bridgehead atoms. The van der Waals surface area contributed by atoms with E-state index in [0.29, 0.717) is 0 Å². The highest BCUT2D eigenvalue weighted by atomic mass is 16.7. The summed E-state index contributed by atoms with van der Waals surface area (Å²) in [5.74, 6) is -4.96. The molecule has 0 aromatic heterocycles. The Labute approximate surface area is 137 Å². The molecule has 10 nitrogen and oxygen atoms in total. The number of carboxylic acids is 1. The maximum absolute atomic E-state index is 12.0. The maximum atomic E-state index is 12.0. The average Bonchev–Trinajstić information content (AvgIpc) is 2.49. The molecule has 1 heterocycles. The second-order valence-corrected chi connectivity index (χ2v) is 5.14. The van der Waals surface area contributed by atoms with Crippen molar-refractivity contribution in [1.82, 2.24) is 5.32 Å². The fourth-order valence-corrected chi connectivity index (χ4v) is 2.32. The van der Waals surface area contributed by atoms with Crippen LogP contribution in [0, 0.1) is 11.8 Å². The lowest BCUT2D eigenvalue weighted by molar-refractivity contribution is -0.145. The van der Waals surface area contributed by atoms with Crippen molar-refractivity contribution in [3.63, 3.8) is 0 Å². The number of carboxylic acid groups (broad SMARTS) is 1. The van der Waals surface area contributed by atoms with Gasteiger partial charge in [-0.2, -0.15) is 4.79 Å². The van der Waals surface area contributed by atoms with E-state index >= 15 is 0 Å². The van der Waals surface area contributed by atoms with Crippen molar-refractivity contribution in [2.45, 2.75) is 26.0 Å². The number of β-lactam (4-membered cyclic amide) rings is 1. The normalized spacial score (nSPS) is 21.2. The summed E-state index contributed by atoms with van der Waals surface area (Å²) >= 11 is 0. The number of carbonyl (C=O) groups is 4. The number of Topliss-reactive ketones (excluding diaryl/α,β-unsaturated/α-hetero) is 1. The van der Waals surface area contributed by atoms with E-state index in [9.17, 15) is 19.2 Å². The van der Waals surface area contributed by atoms with E-state index in [2.05, 4.69) is 21.4 Å². The van der Waals surface area contributed by atoms with Crippen LogP contribution in [0.1, 0.15) is 13.8 Å². The molecule has 1 amide bonds. The lowest BCUT2D eigenvalue weighted by Crippen LogP contribution is -2.66. The molecule has 130 valence electrons. The number of ether oxygens (including phenoxy) is 2. The Bertz CT molecular complexity index is 624. The molecule has 1 fully saturated rings. The molecular weight excluding hydrogens is 322 g/mol.